The summed E-state index contributed by atoms with van der Waals surface area (Å²) in [6, 6.07) is 11.5. The number of hydrogen-bond donors (Lipinski definition) is 2. The average molecular weight is 244 g/mol. The molecule has 0 saturated carbocycles. The highest BCUT2D eigenvalue weighted by Crippen LogP contribution is 2.43. The number of aromatic hydroxyl groups is 2. The summed E-state index contributed by atoms with van der Waals surface area (Å²) in [5.74, 6) is -0.0201. The van der Waals surface area contributed by atoms with E-state index in [1.807, 2.05) is 37.3 Å². The van der Waals surface area contributed by atoms with E-state index in [4.69, 9.17) is 4.74 Å². The van der Waals surface area contributed by atoms with Crippen LogP contribution in [0.25, 0.3) is 11.1 Å². The Morgan fingerprint density at radius 2 is 1.72 bits per heavy atom. The van der Waals surface area contributed by atoms with E-state index in [1.54, 1.807) is 6.07 Å². The van der Waals surface area contributed by atoms with Gasteiger partial charge in [0.1, 0.15) is 0 Å². The van der Waals surface area contributed by atoms with Gasteiger partial charge in [-0.05, 0) is 23.6 Å². The normalized spacial score (nSPS) is 10.3. The Balaban J connectivity index is 2.70. The molecule has 0 spiro atoms. The molecule has 18 heavy (non-hydrogen) atoms. The smallest absolute Gasteiger partial charge is 0.200 e. The third-order valence-electron chi connectivity index (χ3n) is 3.00. The summed E-state index contributed by atoms with van der Waals surface area (Å²) in [6.07, 6.45) is 0.633. The van der Waals surface area contributed by atoms with E-state index in [-0.39, 0.29) is 17.2 Å². The predicted octanol–water partition coefficient (Wildman–Crippen LogP) is 3.34. The Bertz CT molecular complexity index is 547. The van der Waals surface area contributed by atoms with Crippen LogP contribution in [0, 0.1) is 0 Å². The fourth-order valence-electron chi connectivity index (χ4n) is 2.06. The van der Waals surface area contributed by atoms with Gasteiger partial charge in [0, 0.05) is 5.56 Å². The monoisotopic (exact) mass is 244 g/mol. The molecule has 0 heterocycles. The van der Waals surface area contributed by atoms with E-state index >= 15 is 0 Å². The maximum absolute atomic E-state index is 10.0. The van der Waals surface area contributed by atoms with Gasteiger partial charge < -0.3 is 14.9 Å². The van der Waals surface area contributed by atoms with Crippen LogP contribution in [0.5, 0.6) is 17.2 Å². The molecule has 0 radical (unpaired) electrons. The molecule has 0 bridgehead atoms. The van der Waals surface area contributed by atoms with Crippen molar-refractivity contribution in [2.45, 2.75) is 13.3 Å². The highest BCUT2D eigenvalue weighted by molar-refractivity contribution is 5.75. The van der Waals surface area contributed by atoms with Crippen molar-refractivity contribution in [3.05, 3.63) is 42.0 Å². The summed E-state index contributed by atoms with van der Waals surface area (Å²) in [7, 11) is 1.47. The zero-order valence-electron chi connectivity index (χ0n) is 10.5. The van der Waals surface area contributed by atoms with Crippen LogP contribution in [-0.4, -0.2) is 17.3 Å². The van der Waals surface area contributed by atoms with Gasteiger partial charge >= 0.3 is 0 Å². The number of rotatable bonds is 3. The number of hydrogen-bond acceptors (Lipinski definition) is 3. The molecule has 0 aromatic heterocycles. The van der Waals surface area contributed by atoms with E-state index in [1.165, 1.54) is 7.11 Å². The molecule has 0 saturated heterocycles. The predicted molar refractivity (Wildman–Crippen MR) is 71.1 cm³/mol. The Hall–Kier alpha value is -2.16. The van der Waals surface area contributed by atoms with Crippen LogP contribution < -0.4 is 4.74 Å². The minimum absolute atomic E-state index is 0.101. The number of phenols is 2. The van der Waals surface area contributed by atoms with Crippen LogP contribution in [-0.2, 0) is 6.42 Å². The summed E-state index contributed by atoms with van der Waals surface area (Å²) in [5, 5.41) is 19.8. The van der Waals surface area contributed by atoms with Crippen molar-refractivity contribution >= 4 is 0 Å². The van der Waals surface area contributed by atoms with Crippen LogP contribution >= 0.6 is 0 Å². The summed E-state index contributed by atoms with van der Waals surface area (Å²) in [6.45, 7) is 1.94. The first-order valence-electron chi connectivity index (χ1n) is 5.86. The topological polar surface area (TPSA) is 49.7 Å². The molecule has 0 atom stereocenters. The minimum Gasteiger partial charge on any atom is -0.504 e. The maximum atomic E-state index is 10.0. The van der Waals surface area contributed by atoms with E-state index in [0.29, 0.717) is 6.42 Å². The highest BCUT2D eigenvalue weighted by Gasteiger charge is 2.17. The quantitative estimate of drug-likeness (QED) is 0.814. The van der Waals surface area contributed by atoms with Crippen LogP contribution in [0.4, 0.5) is 0 Å². The molecule has 3 heteroatoms. The zero-order chi connectivity index (χ0) is 13.1. The van der Waals surface area contributed by atoms with Crippen molar-refractivity contribution in [3.8, 4) is 28.4 Å². The molecule has 0 amide bonds. The van der Waals surface area contributed by atoms with E-state index in [0.717, 1.165) is 16.7 Å². The van der Waals surface area contributed by atoms with Gasteiger partial charge in [-0.25, -0.2) is 0 Å². The Labute approximate surface area is 106 Å². The molecule has 94 valence electrons. The van der Waals surface area contributed by atoms with E-state index in [2.05, 4.69) is 0 Å². The Morgan fingerprint density at radius 1 is 1.06 bits per heavy atom. The summed E-state index contributed by atoms with van der Waals surface area (Å²) in [5.41, 5.74) is 2.59. The van der Waals surface area contributed by atoms with Crippen molar-refractivity contribution in [2.24, 2.45) is 0 Å². The number of methoxy groups -OCH3 is 1. The summed E-state index contributed by atoms with van der Waals surface area (Å²) >= 11 is 0. The second kappa shape index (κ2) is 5.00. The van der Waals surface area contributed by atoms with Crippen molar-refractivity contribution in [1.82, 2.24) is 0 Å². The molecule has 0 aliphatic carbocycles. The molecule has 2 rings (SSSR count). The molecular weight excluding hydrogens is 228 g/mol. The van der Waals surface area contributed by atoms with Gasteiger partial charge in [0.05, 0.1) is 7.11 Å². The lowest BCUT2D eigenvalue weighted by molar-refractivity contribution is 0.349. The van der Waals surface area contributed by atoms with Gasteiger partial charge in [0.2, 0.25) is 5.75 Å². The van der Waals surface area contributed by atoms with Gasteiger partial charge in [-0.15, -0.1) is 0 Å². The van der Waals surface area contributed by atoms with Gasteiger partial charge in [0.25, 0.3) is 0 Å². The van der Waals surface area contributed by atoms with Crippen LogP contribution in [0.2, 0.25) is 0 Å². The van der Waals surface area contributed by atoms with Gasteiger partial charge in [-0.3, -0.25) is 0 Å². The summed E-state index contributed by atoms with van der Waals surface area (Å²) < 4.78 is 5.08. The largest absolute Gasteiger partial charge is 0.504 e. The Kier molecular flexibility index (Phi) is 3.42. The minimum atomic E-state index is -0.200. The van der Waals surface area contributed by atoms with Crippen molar-refractivity contribution in [2.75, 3.05) is 7.11 Å². The van der Waals surface area contributed by atoms with Crippen molar-refractivity contribution in [3.63, 3.8) is 0 Å². The first-order valence-corrected chi connectivity index (χ1v) is 5.86. The molecule has 2 aromatic carbocycles. The SMILES string of the molecule is CCc1c(-c2ccccc2)cc(OC)c(O)c1O. The van der Waals surface area contributed by atoms with E-state index in [9.17, 15) is 10.2 Å². The molecule has 0 fully saturated rings. The number of benzene rings is 2. The van der Waals surface area contributed by atoms with Crippen molar-refractivity contribution in [1.29, 1.82) is 0 Å². The van der Waals surface area contributed by atoms with Crippen LogP contribution in [0.15, 0.2) is 36.4 Å². The second-order valence-electron chi connectivity index (χ2n) is 4.02. The lowest BCUT2D eigenvalue weighted by Crippen LogP contribution is -1.93. The van der Waals surface area contributed by atoms with Gasteiger partial charge in [0.15, 0.2) is 11.5 Å². The van der Waals surface area contributed by atoms with Gasteiger partial charge in [-0.2, -0.15) is 0 Å². The molecule has 0 aliphatic rings. The number of ether oxygens (including phenoxy) is 1. The maximum Gasteiger partial charge on any atom is 0.200 e. The molecule has 0 unspecified atom stereocenters. The van der Waals surface area contributed by atoms with Crippen LogP contribution in [0.1, 0.15) is 12.5 Å². The third-order valence-corrected chi connectivity index (χ3v) is 3.00. The zero-order valence-corrected chi connectivity index (χ0v) is 10.5. The van der Waals surface area contributed by atoms with E-state index < -0.39 is 0 Å². The first-order chi connectivity index (χ1) is 8.69. The standard InChI is InChI=1S/C15H16O3/c1-3-11-12(10-7-5-4-6-8-10)9-13(18-2)15(17)14(11)16/h4-9,16-17H,3H2,1-2H3. The molecule has 2 aromatic rings. The fraction of sp³-hybridized carbons (Fsp3) is 0.200. The number of phenolic OH excluding ortho intramolecular Hbond substituents is 2. The van der Waals surface area contributed by atoms with Gasteiger partial charge in [-0.1, -0.05) is 37.3 Å². The Morgan fingerprint density at radius 3 is 2.28 bits per heavy atom. The van der Waals surface area contributed by atoms with Crippen molar-refractivity contribution < 1.29 is 14.9 Å². The molecule has 2 N–H and O–H groups in total. The second-order valence-corrected chi connectivity index (χ2v) is 4.02. The lowest BCUT2D eigenvalue weighted by Gasteiger charge is -2.14. The highest BCUT2D eigenvalue weighted by atomic mass is 16.5. The summed E-state index contributed by atoms with van der Waals surface area (Å²) in [4.78, 5) is 0. The lowest BCUT2D eigenvalue weighted by atomic mass is 9.96. The molecule has 0 aliphatic heterocycles. The fourth-order valence-corrected chi connectivity index (χ4v) is 2.06. The first kappa shape index (κ1) is 12.3. The average Bonchev–Trinajstić information content (AvgIpc) is 2.42. The van der Waals surface area contributed by atoms with Crippen LogP contribution in [0.3, 0.4) is 0 Å². The molecule has 3 nitrogen and oxygen atoms in total. The molecular formula is C15H16O3. The third kappa shape index (κ3) is 1.99.